The van der Waals surface area contributed by atoms with E-state index in [0.717, 1.165) is 6.92 Å². The van der Waals surface area contributed by atoms with E-state index in [9.17, 15) is 18.0 Å². The number of ether oxygens (including phenoxy) is 1. The Balaban J connectivity index is 4.84. The SMILES string of the molecule is C=CCCC(C)(C(=O)OCC)C(F)(F)F. The zero-order chi connectivity index (χ0) is 12.1. The normalized spacial score (nSPS) is 15.5. The fourth-order valence-electron chi connectivity index (χ4n) is 1.04. The summed E-state index contributed by atoms with van der Waals surface area (Å²) < 4.78 is 42.4. The molecule has 1 unspecified atom stereocenters. The van der Waals surface area contributed by atoms with Crippen molar-refractivity contribution in [3.8, 4) is 0 Å². The molecule has 15 heavy (non-hydrogen) atoms. The summed E-state index contributed by atoms with van der Waals surface area (Å²) in [6, 6.07) is 0. The molecule has 0 saturated carbocycles. The number of hydrogen-bond acceptors (Lipinski definition) is 2. The summed E-state index contributed by atoms with van der Waals surface area (Å²) in [4.78, 5) is 11.2. The molecule has 88 valence electrons. The van der Waals surface area contributed by atoms with Crippen molar-refractivity contribution in [3.63, 3.8) is 0 Å². The molecule has 0 amide bonds. The second kappa shape index (κ2) is 5.19. The molecule has 0 saturated heterocycles. The lowest BCUT2D eigenvalue weighted by molar-refractivity contribution is -0.231. The van der Waals surface area contributed by atoms with Crippen molar-refractivity contribution in [3.05, 3.63) is 12.7 Å². The first kappa shape index (κ1) is 14.0. The van der Waals surface area contributed by atoms with Crippen LogP contribution in [0.2, 0.25) is 0 Å². The molecule has 0 aromatic carbocycles. The van der Waals surface area contributed by atoms with E-state index in [1.165, 1.54) is 13.0 Å². The topological polar surface area (TPSA) is 26.3 Å². The number of esters is 1. The van der Waals surface area contributed by atoms with E-state index in [2.05, 4.69) is 11.3 Å². The average molecular weight is 224 g/mol. The highest BCUT2D eigenvalue weighted by atomic mass is 19.4. The van der Waals surface area contributed by atoms with Crippen LogP contribution in [0.1, 0.15) is 26.7 Å². The molecule has 0 bridgehead atoms. The molecule has 1 atom stereocenters. The van der Waals surface area contributed by atoms with Gasteiger partial charge in [-0.3, -0.25) is 4.79 Å². The number of carbonyl (C=O) groups excluding carboxylic acids is 1. The molecule has 2 nitrogen and oxygen atoms in total. The molecule has 0 aliphatic heterocycles. The third kappa shape index (κ3) is 3.25. The van der Waals surface area contributed by atoms with Gasteiger partial charge < -0.3 is 4.74 Å². The third-order valence-electron chi connectivity index (χ3n) is 2.20. The van der Waals surface area contributed by atoms with Crippen LogP contribution in [0.15, 0.2) is 12.7 Å². The lowest BCUT2D eigenvalue weighted by atomic mass is 9.84. The molecule has 0 heterocycles. The lowest BCUT2D eigenvalue weighted by Gasteiger charge is -2.29. The van der Waals surface area contributed by atoms with Crippen molar-refractivity contribution in [2.24, 2.45) is 5.41 Å². The Morgan fingerprint density at radius 3 is 2.33 bits per heavy atom. The minimum absolute atomic E-state index is 0.0570. The van der Waals surface area contributed by atoms with Gasteiger partial charge in [0.15, 0.2) is 5.41 Å². The van der Waals surface area contributed by atoms with Gasteiger partial charge in [-0.1, -0.05) is 6.08 Å². The standard InChI is InChI=1S/C10H15F3O2/c1-4-6-7-9(3,10(11,12)13)8(14)15-5-2/h4H,1,5-7H2,2-3H3. The zero-order valence-corrected chi connectivity index (χ0v) is 8.86. The highest BCUT2D eigenvalue weighted by Gasteiger charge is 2.57. The van der Waals surface area contributed by atoms with Crippen molar-refractivity contribution < 1.29 is 22.7 Å². The van der Waals surface area contributed by atoms with Gasteiger partial charge in [0, 0.05) is 0 Å². The fraction of sp³-hybridized carbons (Fsp3) is 0.700. The monoisotopic (exact) mass is 224 g/mol. The van der Waals surface area contributed by atoms with E-state index in [1.807, 2.05) is 0 Å². The van der Waals surface area contributed by atoms with E-state index in [1.54, 1.807) is 0 Å². The van der Waals surface area contributed by atoms with Crippen LogP contribution in [-0.4, -0.2) is 18.8 Å². The Labute approximate surface area is 87.1 Å². The second-order valence-corrected chi connectivity index (χ2v) is 3.38. The highest BCUT2D eigenvalue weighted by Crippen LogP contribution is 2.42. The number of hydrogen-bond donors (Lipinski definition) is 0. The van der Waals surface area contributed by atoms with Crippen molar-refractivity contribution >= 4 is 5.97 Å². The number of alkyl halides is 3. The summed E-state index contributed by atoms with van der Waals surface area (Å²) in [5, 5.41) is 0. The van der Waals surface area contributed by atoms with Crippen molar-refractivity contribution in [2.75, 3.05) is 6.61 Å². The number of halogens is 3. The van der Waals surface area contributed by atoms with Crippen LogP contribution in [-0.2, 0) is 9.53 Å². The minimum atomic E-state index is -4.59. The summed E-state index contributed by atoms with van der Waals surface area (Å²) in [7, 11) is 0. The van der Waals surface area contributed by atoms with Crippen molar-refractivity contribution in [1.29, 1.82) is 0 Å². The quantitative estimate of drug-likeness (QED) is 0.530. The summed E-state index contributed by atoms with van der Waals surface area (Å²) in [5.41, 5.74) is -2.43. The Morgan fingerprint density at radius 1 is 1.47 bits per heavy atom. The molecule has 0 radical (unpaired) electrons. The third-order valence-corrected chi connectivity index (χ3v) is 2.20. The lowest BCUT2D eigenvalue weighted by Crippen LogP contribution is -2.43. The van der Waals surface area contributed by atoms with Gasteiger partial charge in [-0.15, -0.1) is 6.58 Å². The molecule has 0 aliphatic rings. The van der Waals surface area contributed by atoms with E-state index in [4.69, 9.17) is 0 Å². The molecule has 0 spiro atoms. The zero-order valence-electron chi connectivity index (χ0n) is 8.86. The highest BCUT2D eigenvalue weighted by molar-refractivity contribution is 5.77. The van der Waals surface area contributed by atoms with Gasteiger partial charge in [0.05, 0.1) is 6.61 Å². The van der Waals surface area contributed by atoms with Crippen LogP contribution < -0.4 is 0 Å². The van der Waals surface area contributed by atoms with Crippen LogP contribution in [0.5, 0.6) is 0 Å². The molecular formula is C10H15F3O2. The largest absolute Gasteiger partial charge is 0.465 e. The molecule has 0 N–H and O–H groups in total. The van der Waals surface area contributed by atoms with E-state index < -0.39 is 17.6 Å². The molecule has 5 heteroatoms. The van der Waals surface area contributed by atoms with E-state index in [0.29, 0.717) is 0 Å². The van der Waals surface area contributed by atoms with Gasteiger partial charge in [-0.25, -0.2) is 0 Å². The summed E-state index contributed by atoms with van der Waals surface area (Å²) in [6.45, 7) is 5.60. The smallest absolute Gasteiger partial charge is 0.404 e. The summed E-state index contributed by atoms with van der Waals surface area (Å²) in [5.74, 6) is -1.22. The maximum Gasteiger partial charge on any atom is 0.404 e. The van der Waals surface area contributed by atoms with Gasteiger partial charge in [0.25, 0.3) is 0 Å². The summed E-state index contributed by atoms with van der Waals surface area (Å²) in [6.07, 6.45) is -3.46. The number of carbonyl (C=O) groups is 1. The van der Waals surface area contributed by atoms with E-state index >= 15 is 0 Å². The molecule has 0 aromatic heterocycles. The van der Waals surface area contributed by atoms with Gasteiger partial charge in [-0.2, -0.15) is 13.2 Å². The van der Waals surface area contributed by atoms with E-state index in [-0.39, 0.29) is 19.4 Å². The molecule has 0 rings (SSSR count). The van der Waals surface area contributed by atoms with Crippen LogP contribution in [0, 0.1) is 5.41 Å². The van der Waals surface area contributed by atoms with Crippen LogP contribution >= 0.6 is 0 Å². The average Bonchev–Trinajstić information content (AvgIpc) is 2.12. The van der Waals surface area contributed by atoms with Gasteiger partial charge >= 0.3 is 12.1 Å². The molecule has 0 aliphatic carbocycles. The van der Waals surface area contributed by atoms with Gasteiger partial charge in [0.1, 0.15) is 0 Å². The van der Waals surface area contributed by atoms with Gasteiger partial charge in [0.2, 0.25) is 0 Å². The maximum atomic E-state index is 12.7. The summed E-state index contributed by atoms with van der Waals surface area (Å²) >= 11 is 0. The molecule has 0 fully saturated rings. The number of allylic oxidation sites excluding steroid dienone is 1. The predicted molar refractivity (Wildman–Crippen MR) is 50.2 cm³/mol. The van der Waals surface area contributed by atoms with Crippen LogP contribution in [0.3, 0.4) is 0 Å². The van der Waals surface area contributed by atoms with Crippen molar-refractivity contribution in [2.45, 2.75) is 32.9 Å². The number of rotatable bonds is 5. The molecular weight excluding hydrogens is 209 g/mol. The van der Waals surface area contributed by atoms with Crippen LogP contribution in [0.25, 0.3) is 0 Å². The minimum Gasteiger partial charge on any atom is -0.465 e. The predicted octanol–water partition coefficient (Wildman–Crippen LogP) is 3.08. The maximum absolute atomic E-state index is 12.7. The Hall–Kier alpha value is -1.00. The Kier molecular flexibility index (Phi) is 4.84. The fourth-order valence-corrected chi connectivity index (χ4v) is 1.04. The first-order chi connectivity index (χ1) is 6.79. The van der Waals surface area contributed by atoms with Crippen molar-refractivity contribution in [1.82, 2.24) is 0 Å². The Morgan fingerprint density at radius 2 is 2.00 bits per heavy atom. The first-order valence-electron chi connectivity index (χ1n) is 4.64. The Bertz CT molecular complexity index is 235. The van der Waals surface area contributed by atoms with Crippen LogP contribution in [0.4, 0.5) is 13.2 Å². The molecule has 0 aromatic rings. The van der Waals surface area contributed by atoms with Gasteiger partial charge in [-0.05, 0) is 26.7 Å². The second-order valence-electron chi connectivity index (χ2n) is 3.38. The first-order valence-corrected chi connectivity index (χ1v) is 4.64.